The van der Waals surface area contributed by atoms with Crippen molar-refractivity contribution in [3.05, 3.63) is 0 Å². The topological polar surface area (TPSA) is 58.1 Å². The molecule has 2 aliphatic rings. The molecule has 0 spiro atoms. The minimum absolute atomic E-state index is 0. The molecule has 2 saturated heterocycles. The quantitative estimate of drug-likeness (QED) is 0.352. The highest BCUT2D eigenvalue weighted by molar-refractivity contribution is 14.0. The van der Waals surface area contributed by atoms with Gasteiger partial charge < -0.3 is 20.1 Å². The van der Waals surface area contributed by atoms with Crippen LogP contribution in [-0.2, 0) is 9.47 Å². The van der Waals surface area contributed by atoms with Crippen LogP contribution in [0.1, 0.15) is 13.3 Å². The molecule has 0 aromatic carbocycles. The van der Waals surface area contributed by atoms with Gasteiger partial charge in [-0.15, -0.1) is 24.0 Å². The van der Waals surface area contributed by atoms with Gasteiger partial charge in [0, 0.05) is 51.1 Å². The van der Waals surface area contributed by atoms with E-state index in [-0.39, 0.29) is 35.6 Å². The molecule has 6 nitrogen and oxygen atoms in total. The van der Waals surface area contributed by atoms with Crippen molar-refractivity contribution in [3.8, 4) is 0 Å². The predicted molar refractivity (Wildman–Crippen MR) is 108 cm³/mol. The smallest absolute Gasteiger partial charge is 0.191 e. The van der Waals surface area contributed by atoms with E-state index in [4.69, 9.17) is 9.47 Å². The lowest BCUT2D eigenvalue weighted by Gasteiger charge is -2.43. The van der Waals surface area contributed by atoms with Crippen molar-refractivity contribution >= 4 is 41.7 Å². The van der Waals surface area contributed by atoms with Crippen LogP contribution in [-0.4, -0.2) is 87.6 Å². The first-order valence-electron chi connectivity index (χ1n) is 8.07. The van der Waals surface area contributed by atoms with Gasteiger partial charge in [-0.3, -0.25) is 9.89 Å². The first-order chi connectivity index (χ1) is 10.7. The second-order valence-electron chi connectivity index (χ2n) is 6.05. The summed E-state index contributed by atoms with van der Waals surface area (Å²) < 4.78 is 10.7. The monoisotopic (exact) mass is 458 g/mol. The van der Waals surface area contributed by atoms with Gasteiger partial charge >= 0.3 is 0 Å². The third-order valence-corrected chi connectivity index (χ3v) is 5.61. The Bertz CT molecular complexity index is 361. The Morgan fingerprint density at radius 2 is 2.17 bits per heavy atom. The number of nitrogens with one attached hydrogen (secondary N) is 2. The average molecular weight is 458 g/mol. The Labute approximate surface area is 161 Å². The number of hydrogen-bond acceptors (Lipinski definition) is 5. The van der Waals surface area contributed by atoms with Crippen molar-refractivity contribution in [3.63, 3.8) is 0 Å². The van der Waals surface area contributed by atoms with Gasteiger partial charge in [-0.1, -0.05) is 0 Å². The fraction of sp³-hybridized carbons (Fsp3) is 0.933. The predicted octanol–water partition coefficient (Wildman–Crippen LogP) is 1.01. The van der Waals surface area contributed by atoms with Crippen LogP contribution in [0.4, 0.5) is 0 Å². The fourth-order valence-corrected chi connectivity index (χ4v) is 4.58. The largest absolute Gasteiger partial charge is 0.383 e. The average Bonchev–Trinajstić information content (AvgIpc) is 3.02. The number of nitrogens with zero attached hydrogens (tertiary/aromatic N) is 2. The summed E-state index contributed by atoms with van der Waals surface area (Å²) in [7, 11) is 3.54. The number of thioether (sulfide) groups is 1. The number of halogens is 1. The molecule has 0 saturated carbocycles. The van der Waals surface area contributed by atoms with Crippen molar-refractivity contribution in [2.45, 2.75) is 24.9 Å². The lowest BCUT2D eigenvalue weighted by Crippen LogP contribution is -2.60. The molecule has 2 aliphatic heterocycles. The lowest BCUT2D eigenvalue weighted by atomic mass is 9.95. The number of ether oxygens (including phenoxy) is 2. The van der Waals surface area contributed by atoms with Gasteiger partial charge in [-0.2, -0.15) is 11.8 Å². The molecule has 0 aromatic heterocycles. The number of methoxy groups -OCH3 is 1. The summed E-state index contributed by atoms with van der Waals surface area (Å²) in [6, 6.07) is 0.244. The van der Waals surface area contributed by atoms with E-state index >= 15 is 0 Å². The van der Waals surface area contributed by atoms with E-state index in [1.807, 2.05) is 7.05 Å². The highest BCUT2D eigenvalue weighted by Crippen LogP contribution is 2.33. The van der Waals surface area contributed by atoms with Gasteiger partial charge in [-0.05, 0) is 19.1 Å². The first kappa shape index (κ1) is 21.3. The van der Waals surface area contributed by atoms with E-state index in [1.54, 1.807) is 7.11 Å². The van der Waals surface area contributed by atoms with Crippen molar-refractivity contribution in [1.82, 2.24) is 15.5 Å². The summed E-state index contributed by atoms with van der Waals surface area (Å²) >= 11 is 2.05. The highest BCUT2D eigenvalue weighted by Gasteiger charge is 2.40. The Morgan fingerprint density at radius 3 is 2.74 bits per heavy atom. The summed E-state index contributed by atoms with van der Waals surface area (Å²) in [5.74, 6) is 3.28. The molecule has 8 heteroatoms. The third kappa shape index (κ3) is 6.22. The van der Waals surface area contributed by atoms with Crippen LogP contribution in [0.5, 0.6) is 0 Å². The summed E-state index contributed by atoms with van der Waals surface area (Å²) in [5.41, 5.74) is 0.233. The molecule has 0 aromatic rings. The van der Waals surface area contributed by atoms with Crippen LogP contribution < -0.4 is 10.6 Å². The Kier molecular flexibility index (Phi) is 10.1. The number of rotatable bonds is 6. The van der Waals surface area contributed by atoms with E-state index in [1.165, 1.54) is 17.9 Å². The summed E-state index contributed by atoms with van der Waals surface area (Å²) in [5, 5.41) is 6.90. The van der Waals surface area contributed by atoms with E-state index in [0.29, 0.717) is 6.61 Å². The Morgan fingerprint density at radius 1 is 1.43 bits per heavy atom. The molecule has 0 radical (unpaired) electrons. The van der Waals surface area contributed by atoms with Gasteiger partial charge in [-0.25, -0.2) is 0 Å². The van der Waals surface area contributed by atoms with Gasteiger partial charge in [0.2, 0.25) is 0 Å². The second-order valence-corrected chi connectivity index (χ2v) is 7.16. The van der Waals surface area contributed by atoms with Crippen molar-refractivity contribution < 1.29 is 9.47 Å². The zero-order valence-corrected chi connectivity index (χ0v) is 17.6. The molecule has 2 N–H and O–H groups in total. The van der Waals surface area contributed by atoms with Crippen LogP contribution in [0.2, 0.25) is 0 Å². The van der Waals surface area contributed by atoms with E-state index in [9.17, 15) is 0 Å². The number of hydrogen-bond donors (Lipinski definition) is 2. The summed E-state index contributed by atoms with van der Waals surface area (Å²) in [6.45, 7) is 7.47. The Hall–Kier alpha value is 0.230. The zero-order chi connectivity index (χ0) is 15.8. The molecule has 2 fully saturated rings. The molecular weight excluding hydrogens is 427 g/mol. The molecule has 0 bridgehead atoms. The van der Waals surface area contributed by atoms with Crippen molar-refractivity contribution in [1.29, 1.82) is 0 Å². The maximum Gasteiger partial charge on any atom is 0.191 e. The van der Waals surface area contributed by atoms with Gasteiger partial charge in [0.1, 0.15) is 0 Å². The van der Waals surface area contributed by atoms with Gasteiger partial charge in [0.25, 0.3) is 0 Å². The van der Waals surface area contributed by atoms with Crippen LogP contribution in [0.3, 0.4) is 0 Å². The second kappa shape index (κ2) is 11.0. The molecule has 2 unspecified atom stereocenters. The van der Waals surface area contributed by atoms with Crippen LogP contribution in [0.15, 0.2) is 4.99 Å². The lowest BCUT2D eigenvalue weighted by molar-refractivity contribution is -0.0120. The normalized spacial score (nSPS) is 27.3. The number of guanidine groups is 1. The van der Waals surface area contributed by atoms with Crippen LogP contribution >= 0.6 is 35.7 Å². The van der Waals surface area contributed by atoms with Gasteiger partial charge in [0.15, 0.2) is 5.96 Å². The molecule has 0 aliphatic carbocycles. The highest BCUT2D eigenvalue weighted by atomic mass is 127. The third-order valence-electron chi connectivity index (χ3n) is 4.37. The zero-order valence-electron chi connectivity index (χ0n) is 14.5. The molecule has 2 rings (SSSR count). The maximum absolute atomic E-state index is 5.51. The maximum atomic E-state index is 5.51. The molecule has 2 atom stereocenters. The summed E-state index contributed by atoms with van der Waals surface area (Å²) in [6.07, 6.45) is 1.23. The molecular formula is C15H31IN4O2S. The standard InChI is InChI=1S/C15H30N4O2S.HI/c1-13(10-20-3)18-14(16-2)17-11-15(4-9-22-12-15)19-5-7-21-8-6-19;/h13H,4-12H2,1-3H3,(H2,16,17,18);1H. The fourth-order valence-electron chi connectivity index (χ4n) is 3.10. The minimum Gasteiger partial charge on any atom is -0.383 e. The Balaban J connectivity index is 0.00000264. The summed E-state index contributed by atoms with van der Waals surface area (Å²) in [4.78, 5) is 6.94. The van der Waals surface area contributed by atoms with Gasteiger partial charge in [0.05, 0.1) is 19.8 Å². The van der Waals surface area contributed by atoms with E-state index in [2.05, 4.69) is 39.2 Å². The molecule has 136 valence electrons. The van der Waals surface area contributed by atoms with E-state index in [0.717, 1.165) is 38.8 Å². The number of aliphatic imine (C=N–C) groups is 1. The minimum atomic E-state index is 0. The van der Waals surface area contributed by atoms with Crippen LogP contribution in [0, 0.1) is 0 Å². The number of morpholine rings is 1. The van der Waals surface area contributed by atoms with E-state index < -0.39 is 0 Å². The molecule has 23 heavy (non-hydrogen) atoms. The van der Waals surface area contributed by atoms with Crippen molar-refractivity contribution in [2.75, 3.05) is 65.1 Å². The SMILES string of the molecule is CN=C(NCC1(N2CCOCC2)CCSC1)NC(C)COC.I. The van der Waals surface area contributed by atoms with Crippen LogP contribution in [0.25, 0.3) is 0 Å². The van der Waals surface area contributed by atoms with Crippen molar-refractivity contribution in [2.24, 2.45) is 4.99 Å². The first-order valence-corrected chi connectivity index (χ1v) is 9.22. The molecule has 0 amide bonds. The molecule has 2 heterocycles.